The molecule has 0 saturated heterocycles. The molecule has 4 heteroatoms. The second-order valence-corrected chi connectivity index (χ2v) is 5.19. The molecule has 0 heterocycles. The van der Waals surface area contributed by atoms with Gasteiger partial charge in [0.1, 0.15) is 24.4 Å². The summed E-state index contributed by atoms with van der Waals surface area (Å²) < 4.78 is 5.17. The SMILES string of the molecule is COc1cccc(C#CC[NH2+]C(C)C(O)c2ccccc2)c1.[Cl-]. The molecule has 2 atom stereocenters. The lowest BCUT2D eigenvalue weighted by atomic mass is 10.0. The Morgan fingerprint density at radius 1 is 1.13 bits per heavy atom. The molecule has 2 aromatic rings. The molecular weight excluding hydrogens is 310 g/mol. The number of hydrogen-bond donors (Lipinski definition) is 2. The minimum Gasteiger partial charge on any atom is -1.00 e. The second kappa shape index (κ2) is 9.91. The van der Waals surface area contributed by atoms with Gasteiger partial charge in [0.2, 0.25) is 0 Å². The molecule has 0 amide bonds. The molecule has 0 aliphatic heterocycles. The number of aliphatic hydroxyl groups is 1. The smallest absolute Gasteiger partial charge is 0.138 e. The van der Waals surface area contributed by atoms with Gasteiger partial charge in [-0.1, -0.05) is 42.3 Å². The van der Waals surface area contributed by atoms with Crippen LogP contribution in [0.15, 0.2) is 54.6 Å². The molecular formula is C19H22ClNO2. The number of benzene rings is 2. The highest BCUT2D eigenvalue weighted by Gasteiger charge is 2.17. The van der Waals surface area contributed by atoms with Gasteiger partial charge < -0.3 is 27.6 Å². The predicted octanol–water partition coefficient (Wildman–Crippen LogP) is -1.26. The molecule has 122 valence electrons. The molecule has 2 aromatic carbocycles. The van der Waals surface area contributed by atoms with Gasteiger partial charge in [0.15, 0.2) is 0 Å². The molecule has 3 N–H and O–H groups in total. The Kier molecular flexibility index (Phi) is 8.21. The van der Waals surface area contributed by atoms with Crippen LogP contribution in [-0.2, 0) is 0 Å². The van der Waals surface area contributed by atoms with Crippen molar-refractivity contribution in [2.24, 2.45) is 0 Å². The maximum absolute atomic E-state index is 10.3. The zero-order valence-electron chi connectivity index (χ0n) is 13.4. The first kappa shape index (κ1) is 19.1. The van der Waals surface area contributed by atoms with Crippen molar-refractivity contribution >= 4 is 0 Å². The van der Waals surface area contributed by atoms with Crippen LogP contribution in [0.1, 0.15) is 24.2 Å². The summed E-state index contributed by atoms with van der Waals surface area (Å²) in [5, 5.41) is 12.3. The molecule has 2 rings (SSSR count). The number of quaternary nitrogens is 1. The molecule has 0 aromatic heterocycles. The van der Waals surface area contributed by atoms with Gasteiger partial charge in [-0.05, 0) is 36.6 Å². The zero-order valence-corrected chi connectivity index (χ0v) is 14.1. The molecule has 0 aliphatic carbocycles. The first-order chi connectivity index (χ1) is 10.7. The summed E-state index contributed by atoms with van der Waals surface area (Å²) in [5.41, 5.74) is 1.87. The Morgan fingerprint density at radius 2 is 1.87 bits per heavy atom. The fourth-order valence-corrected chi connectivity index (χ4v) is 2.18. The van der Waals surface area contributed by atoms with Crippen molar-refractivity contribution in [3.05, 3.63) is 65.7 Å². The van der Waals surface area contributed by atoms with Crippen LogP contribution in [0.5, 0.6) is 5.75 Å². The Hall–Kier alpha value is -1.99. The van der Waals surface area contributed by atoms with E-state index in [0.29, 0.717) is 6.54 Å². The molecule has 0 saturated carbocycles. The molecule has 2 unspecified atom stereocenters. The quantitative estimate of drug-likeness (QED) is 0.672. The summed E-state index contributed by atoms with van der Waals surface area (Å²) in [5.74, 6) is 7.04. The van der Waals surface area contributed by atoms with Crippen molar-refractivity contribution in [3.63, 3.8) is 0 Å². The minimum absolute atomic E-state index is 0. The van der Waals surface area contributed by atoms with Crippen molar-refractivity contribution in [3.8, 4) is 17.6 Å². The number of ether oxygens (including phenoxy) is 1. The van der Waals surface area contributed by atoms with E-state index in [-0.39, 0.29) is 18.4 Å². The van der Waals surface area contributed by atoms with Crippen LogP contribution < -0.4 is 22.5 Å². The molecule has 0 radical (unpaired) electrons. The largest absolute Gasteiger partial charge is 1.00 e. The van der Waals surface area contributed by atoms with Gasteiger partial charge in [0.25, 0.3) is 0 Å². The van der Waals surface area contributed by atoms with Crippen LogP contribution in [0.25, 0.3) is 0 Å². The van der Waals surface area contributed by atoms with Gasteiger partial charge in [-0.25, -0.2) is 0 Å². The van der Waals surface area contributed by atoms with Crippen molar-refractivity contribution in [1.29, 1.82) is 0 Å². The number of aliphatic hydroxyl groups excluding tert-OH is 1. The first-order valence-corrected chi connectivity index (χ1v) is 7.40. The molecule has 0 bridgehead atoms. The standard InChI is InChI=1S/C19H21NO2.ClH/c1-15(19(21)17-10-4-3-5-11-17)20-13-7-9-16-8-6-12-18(14-16)22-2;/h3-6,8,10-12,14-15,19-21H,13H2,1-2H3;1H. The van der Waals surface area contributed by atoms with E-state index in [4.69, 9.17) is 4.74 Å². The Balaban J connectivity index is 0.00000264. The average molecular weight is 332 g/mol. The maximum Gasteiger partial charge on any atom is 0.138 e. The van der Waals surface area contributed by atoms with Crippen LogP contribution in [0.3, 0.4) is 0 Å². The predicted molar refractivity (Wildman–Crippen MR) is 87.5 cm³/mol. The summed E-state index contributed by atoms with van der Waals surface area (Å²) in [6.07, 6.45) is -0.486. The molecule has 23 heavy (non-hydrogen) atoms. The lowest BCUT2D eigenvalue weighted by molar-refractivity contribution is -0.684. The molecule has 0 fully saturated rings. The van der Waals surface area contributed by atoms with Gasteiger partial charge in [-0.3, -0.25) is 0 Å². The van der Waals surface area contributed by atoms with E-state index >= 15 is 0 Å². The summed E-state index contributed by atoms with van der Waals surface area (Å²) in [7, 11) is 1.65. The molecule has 0 aliphatic rings. The van der Waals surface area contributed by atoms with Crippen LogP contribution in [-0.4, -0.2) is 24.8 Å². The van der Waals surface area contributed by atoms with Crippen molar-refractivity contribution in [2.75, 3.05) is 13.7 Å². The van der Waals surface area contributed by atoms with Crippen molar-refractivity contribution in [1.82, 2.24) is 0 Å². The Bertz CT molecular complexity index is 649. The third kappa shape index (κ3) is 5.96. The van der Waals surface area contributed by atoms with Crippen LogP contribution in [0.2, 0.25) is 0 Å². The Labute approximate surface area is 144 Å². The highest BCUT2D eigenvalue weighted by molar-refractivity contribution is 5.39. The minimum atomic E-state index is -0.486. The van der Waals surface area contributed by atoms with E-state index in [1.54, 1.807) is 7.11 Å². The second-order valence-electron chi connectivity index (χ2n) is 5.19. The fourth-order valence-electron chi connectivity index (χ4n) is 2.18. The van der Waals surface area contributed by atoms with Gasteiger partial charge in [0.05, 0.1) is 7.11 Å². The number of hydrogen-bond acceptors (Lipinski definition) is 2. The van der Waals surface area contributed by atoms with Crippen LogP contribution in [0, 0.1) is 11.8 Å². The average Bonchev–Trinajstić information content (AvgIpc) is 2.58. The van der Waals surface area contributed by atoms with Crippen molar-refractivity contribution in [2.45, 2.75) is 19.1 Å². The first-order valence-electron chi connectivity index (χ1n) is 7.40. The van der Waals surface area contributed by atoms with E-state index in [1.807, 2.05) is 66.8 Å². The summed E-state index contributed by atoms with van der Waals surface area (Å²) in [6.45, 7) is 2.65. The van der Waals surface area contributed by atoms with Crippen molar-refractivity contribution < 1.29 is 27.6 Å². The summed E-state index contributed by atoms with van der Waals surface area (Å²) >= 11 is 0. The van der Waals surface area contributed by atoms with Gasteiger partial charge in [-0.2, -0.15) is 0 Å². The number of rotatable bonds is 5. The number of halogens is 1. The topological polar surface area (TPSA) is 46.1 Å². The summed E-state index contributed by atoms with van der Waals surface area (Å²) in [6, 6.07) is 17.5. The van der Waals surface area contributed by atoms with E-state index in [0.717, 1.165) is 16.9 Å². The number of nitrogens with two attached hydrogens (primary N) is 1. The van der Waals surface area contributed by atoms with Crippen LogP contribution >= 0.6 is 0 Å². The lowest BCUT2D eigenvalue weighted by Gasteiger charge is -2.16. The van der Waals surface area contributed by atoms with Gasteiger partial charge in [-0.15, -0.1) is 0 Å². The van der Waals surface area contributed by atoms with E-state index < -0.39 is 6.10 Å². The number of methoxy groups -OCH3 is 1. The third-order valence-electron chi connectivity index (χ3n) is 3.53. The lowest BCUT2D eigenvalue weighted by Crippen LogP contribution is -3.00. The fraction of sp³-hybridized carbons (Fsp3) is 0.263. The molecule has 3 nitrogen and oxygen atoms in total. The molecule has 0 spiro atoms. The van der Waals surface area contributed by atoms with Gasteiger partial charge >= 0.3 is 0 Å². The maximum atomic E-state index is 10.3. The van der Waals surface area contributed by atoms with Crippen LogP contribution in [0.4, 0.5) is 0 Å². The van der Waals surface area contributed by atoms with E-state index in [1.165, 1.54) is 0 Å². The zero-order chi connectivity index (χ0) is 15.8. The monoisotopic (exact) mass is 331 g/mol. The van der Waals surface area contributed by atoms with E-state index in [2.05, 4.69) is 11.8 Å². The third-order valence-corrected chi connectivity index (χ3v) is 3.53. The normalized spacial score (nSPS) is 12.3. The highest BCUT2D eigenvalue weighted by atomic mass is 35.5. The summed E-state index contributed by atoms with van der Waals surface area (Å²) in [4.78, 5) is 0. The van der Waals surface area contributed by atoms with Gasteiger partial charge in [0, 0.05) is 5.56 Å². The Morgan fingerprint density at radius 3 is 2.57 bits per heavy atom. The van der Waals surface area contributed by atoms with E-state index in [9.17, 15) is 5.11 Å². The highest BCUT2D eigenvalue weighted by Crippen LogP contribution is 2.13.